The van der Waals surface area contributed by atoms with Gasteiger partial charge in [-0.15, -0.1) is 0 Å². The first-order valence-electron chi connectivity index (χ1n) is 6.87. The summed E-state index contributed by atoms with van der Waals surface area (Å²) in [6, 6.07) is 9.43. The highest BCUT2D eigenvalue weighted by molar-refractivity contribution is 7.80. The van der Waals surface area contributed by atoms with Crippen LogP contribution in [0.4, 0.5) is 18.9 Å². The smallest absolute Gasteiger partial charge is 0.331 e. The number of halogens is 5. The van der Waals surface area contributed by atoms with Crippen molar-refractivity contribution in [2.24, 2.45) is 0 Å². The molecule has 0 radical (unpaired) electrons. The molecule has 0 bridgehead atoms. The summed E-state index contributed by atoms with van der Waals surface area (Å²) in [6.45, 7) is 0. The molecular formula is C16H11Cl2F3N2OS. The molecule has 2 N–H and O–H groups in total. The fraction of sp³-hybridized carbons (Fsp3) is 0.125. The van der Waals surface area contributed by atoms with Gasteiger partial charge in [0.2, 0.25) is 5.91 Å². The summed E-state index contributed by atoms with van der Waals surface area (Å²) in [5.41, 5.74) is -0.218. The van der Waals surface area contributed by atoms with Crippen molar-refractivity contribution in [3.63, 3.8) is 0 Å². The van der Waals surface area contributed by atoms with E-state index in [1.165, 1.54) is 0 Å². The Labute approximate surface area is 157 Å². The van der Waals surface area contributed by atoms with E-state index in [9.17, 15) is 18.0 Å². The lowest BCUT2D eigenvalue weighted by atomic mass is 10.1. The van der Waals surface area contributed by atoms with Gasteiger partial charge in [0.15, 0.2) is 5.11 Å². The first kappa shape index (κ1) is 19.5. The quantitative estimate of drug-likeness (QED) is 0.699. The van der Waals surface area contributed by atoms with Gasteiger partial charge in [-0.05, 0) is 48.1 Å². The number of alkyl halides is 3. The second-order valence-corrected chi connectivity index (χ2v) is 6.25. The third kappa shape index (κ3) is 5.88. The maximum Gasteiger partial charge on any atom is 0.416 e. The lowest BCUT2D eigenvalue weighted by Gasteiger charge is -2.13. The summed E-state index contributed by atoms with van der Waals surface area (Å²) in [7, 11) is 0. The van der Waals surface area contributed by atoms with Gasteiger partial charge in [0, 0.05) is 5.02 Å². The number of rotatable bonds is 3. The average molecular weight is 407 g/mol. The van der Waals surface area contributed by atoms with Gasteiger partial charge in [-0.1, -0.05) is 35.3 Å². The second-order valence-electron chi connectivity index (χ2n) is 5.00. The van der Waals surface area contributed by atoms with Crippen LogP contribution < -0.4 is 10.6 Å². The van der Waals surface area contributed by atoms with Gasteiger partial charge in [-0.3, -0.25) is 4.79 Å². The molecule has 132 valence electrons. The predicted octanol–water partition coefficient (Wildman–Crippen LogP) is 5.07. The average Bonchev–Trinajstić information content (AvgIpc) is 2.50. The van der Waals surface area contributed by atoms with Crippen molar-refractivity contribution in [3.8, 4) is 0 Å². The summed E-state index contributed by atoms with van der Waals surface area (Å²) in [4.78, 5) is 11.9. The molecule has 2 aromatic carbocycles. The van der Waals surface area contributed by atoms with Crippen LogP contribution in [0.2, 0.25) is 10.0 Å². The van der Waals surface area contributed by atoms with Crippen molar-refractivity contribution in [1.82, 2.24) is 5.32 Å². The minimum Gasteiger partial charge on any atom is -0.331 e. The minimum absolute atomic E-state index is 0.0370. The molecule has 0 aromatic heterocycles. The first-order chi connectivity index (χ1) is 11.6. The molecule has 0 aliphatic rings. The molecule has 0 aliphatic carbocycles. The second kappa shape index (κ2) is 8.03. The molecule has 0 atom stereocenters. The van der Waals surface area contributed by atoms with E-state index >= 15 is 0 Å². The van der Waals surface area contributed by atoms with E-state index < -0.39 is 17.6 Å². The fourth-order valence-corrected chi connectivity index (χ4v) is 2.42. The molecule has 0 spiro atoms. The van der Waals surface area contributed by atoms with Crippen LogP contribution in [0.1, 0.15) is 11.1 Å². The predicted molar refractivity (Wildman–Crippen MR) is 96.0 cm³/mol. The van der Waals surface area contributed by atoms with Crippen LogP contribution in [-0.2, 0) is 17.4 Å². The molecule has 2 rings (SSSR count). The zero-order valence-electron chi connectivity index (χ0n) is 12.5. The van der Waals surface area contributed by atoms with Crippen molar-refractivity contribution in [3.05, 3.63) is 63.6 Å². The zero-order valence-corrected chi connectivity index (χ0v) is 14.8. The molecule has 0 saturated heterocycles. The highest BCUT2D eigenvalue weighted by Gasteiger charge is 2.31. The summed E-state index contributed by atoms with van der Waals surface area (Å²) in [6.07, 6.45) is -4.48. The van der Waals surface area contributed by atoms with Crippen molar-refractivity contribution in [2.75, 3.05) is 5.32 Å². The summed E-state index contributed by atoms with van der Waals surface area (Å²) < 4.78 is 38.2. The van der Waals surface area contributed by atoms with Crippen molar-refractivity contribution in [2.45, 2.75) is 12.6 Å². The number of hydrogen-bond donors (Lipinski definition) is 2. The normalized spacial score (nSPS) is 11.1. The van der Waals surface area contributed by atoms with Crippen LogP contribution in [0.5, 0.6) is 0 Å². The van der Waals surface area contributed by atoms with Crippen molar-refractivity contribution < 1.29 is 18.0 Å². The highest BCUT2D eigenvalue weighted by Crippen LogP contribution is 2.33. The maximum atomic E-state index is 12.7. The molecule has 0 fully saturated rings. The maximum absolute atomic E-state index is 12.7. The van der Waals surface area contributed by atoms with Gasteiger partial charge in [0.1, 0.15) is 0 Å². The number of thiocarbonyl (C=S) groups is 1. The Morgan fingerprint density at radius 2 is 1.72 bits per heavy atom. The third-order valence-electron chi connectivity index (χ3n) is 3.07. The van der Waals surface area contributed by atoms with Gasteiger partial charge in [0.05, 0.1) is 22.7 Å². The Balaban J connectivity index is 2.00. The lowest BCUT2D eigenvalue weighted by Crippen LogP contribution is -2.35. The SMILES string of the molecule is O=C(Cc1ccc(Cl)cc1)NC(=S)Nc1cc(C(F)(F)F)ccc1Cl. The molecule has 1 amide bonds. The Hall–Kier alpha value is -1.83. The van der Waals surface area contributed by atoms with E-state index in [-0.39, 0.29) is 22.2 Å². The van der Waals surface area contributed by atoms with Crippen LogP contribution in [0, 0.1) is 0 Å². The standard InChI is InChI=1S/C16H11Cl2F3N2OS/c17-11-4-1-9(2-5-11)7-14(24)23-15(25)22-13-8-10(16(19,20)21)3-6-12(13)18/h1-6,8H,7H2,(H2,22,23,24,25). The van der Waals surface area contributed by atoms with Gasteiger partial charge in [-0.2, -0.15) is 13.2 Å². The molecule has 25 heavy (non-hydrogen) atoms. The van der Waals surface area contributed by atoms with E-state index in [4.69, 9.17) is 35.4 Å². The Kier molecular flexibility index (Phi) is 6.26. The van der Waals surface area contributed by atoms with Crippen LogP contribution in [0.15, 0.2) is 42.5 Å². The molecule has 0 unspecified atom stereocenters. The van der Waals surface area contributed by atoms with Crippen LogP contribution in [-0.4, -0.2) is 11.0 Å². The summed E-state index contributed by atoms with van der Waals surface area (Å²) in [5.74, 6) is -0.428. The number of carbonyl (C=O) groups is 1. The molecular weight excluding hydrogens is 396 g/mol. The topological polar surface area (TPSA) is 41.1 Å². The Morgan fingerprint density at radius 1 is 1.08 bits per heavy atom. The Bertz CT molecular complexity index is 795. The first-order valence-corrected chi connectivity index (χ1v) is 8.03. The lowest BCUT2D eigenvalue weighted by molar-refractivity contribution is -0.137. The number of anilines is 1. The highest BCUT2D eigenvalue weighted by atomic mass is 35.5. The molecule has 2 aromatic rings. The molecule has 3 nitrogen and oxygen atoms in total. The number of hydrogen-bond acceptors (Lipinski definition) is 2. The van der Waals surface area contributed by atoms with Crippen LogP contribution in [0.25, 0.3) is 0 Å². The number of benzene rings is 2. The van der Waals surface area contributed by atoms with E-state index in [1.807, 2.05) is 0 Å². The van der Waals surface area contributed by atoms with E-state index in [1.54, 1.807) is 24.3 Å². The zero-order chi connectivity index (χ0) is 18.6. The Morgan fingerprint density at radius 3 is 2.32 bits per heavy atom. The van der Waals surface area contributed by atoms with E-state index in [0.29, 0.717) is 10.6 Å². The monoisotopic (exact) mass is 406 g/mol. The van der Waals surface area contributed by atoms with Gasteiger partial charge in [-0.25, -0.2) is 0 Å². The number of amides is 1. The van der Waals surface area contributed by atoms with Crippen molar-refractivity contribution in [1.29, 1.82) is 0 Å². The minimum atomic E-state index is -4.51. The van der Waals surface area contributed by atoms with Crippen LogP contribution >= 0.6 is 35.4 Å². The molecule has 9 heteroatoms. The van der Waals surface area contributed by atoms with E-state index in [0.717, 1.165) is 18.2 Å². The van der Waals surface area contributed by atoms with E-state index in [2.05, 4.69) is 10.6 Å². The van der Waals surface area contributed by atoms with Crippen molar-refractivity contribution >= 4 is 52.1 Å². The van der Waals surface area contributed by atoms with Crippen LogP contribution in [0.3, 0.4) is 0 Å². The summed E-state index contributed by atoms with van der Waals surface area (Å²) >= 11 is 16.6. The van der Waals surface area contributed by atoms with Gasteiger partial charge >= 0.3 is 6.18 Å². The largest absolute Gasteiger partial charge is 0.416 e. The molecule has 0 saturated carbocycles. The van der Waals surface area contributed by atoms with Gasteiger partial charge in [0.25, 0.3) is 0 Å². The third-order valence-corrected chi connectivity index (χ3v) is 3.86. The number of nitrogens with one attached hydrogen (secondary N) is 2. The fourth-order valence-electron chi connectivity index (χ4n) is 1.91. The van der Waals surface area contributed by atoms with Gasteiger partial charge < -0.3 is 10.6 Å². The molecule has 0 aliphatic heterocycles. The number of carbonyl (C=O) groups excluding carboxylic acids is 1. The summed E-state index contributed by atoms with van der Waals surface area (Å²) in [5, 5.41) is 5.31. The molecule has 0 heterocycles.